The van der Waals surface area contributed by atoms with E-state index in [-0.39, 0.29) is 30.8 Å². The van der Waals surface area contributed by atoms with Crippen LogP contribution in [-0.4, -0.2) is 18.6 Å². The number of aryl methyl sites for hydroxylation is 1. The highest BCUT2D eigenvalue weighted by molar-refractivity contribution is 7.10. The number of carbonyl (C=O) groups excluding carboxylic acids is 2. The highest BCUT2D eigenvalue weighted by atomic mass is 32.1. The van der Waals surface area contributed by atoms with E-state index < -0.39 is 0 Å². The maximum atomic E-state index is 12.9. The Morgan fingerprint density at radius 3 is 2.70 bits per heavy atom. The maximum Gasteiger partial charge on any atom is 0.268 e. The van der Waals surface area contributed by atoms with Crippen LogP contribution < -0.4 is 20.1 Å². The lowest BCUT2D eigenvalue weighted by Gasteiger charge is -2.12. The lowest BCUT2D eigenvalue weighted by Crippen LogP contribution is -2.34. The number of fused-ring (bicyclic) bond motifs is 1. The number of ether oxygens (including phenoxy) is 2. The Bertz CT molecular complexity index is 1110. The Morgan fingerprint density at radius 2 is 1.90 bits per heavy atom. The van der Waals surface area contributed by atoms with Crippen molar-refractivity contribution in [3.63, 3.8) is 0 Å². The molecular weight excluding hydrogens is 400 g/mol. The topological polar surface area (TPSA) is 76.7 Å². The van der Waals surface area contributed by atoms with Gasteiger partial charge in [-0.1, -0.05) is 30.3 Å². The van der Waals surface area contributed by atoms with Gasteiger partial charge in [-0.2, -0.15) is 0 Å². The standard InChI is InChI=1S/C23H20N2O4S/c1-15-5-2-3-7-18(15)22(26)25-19(12-17-6-4-10-30-17)23(27)24-13-16-8-9-20-21(11-16)29-14-28-20/h2-12H,13-14H2,1H3,(H,24,27)(H,25,26)/b19-12-. The third-order valence-corrected chi connectivity index (χ3v) is 5.42. The average molecular weight is 420 g/mol. The van der Waals surface area contributed by atoms with Crippen LogP contribution in [0, 0.1) is 6.92 Å². The first kappa shape index (κ1) is 19.7. The molecule has 0 unspecified atom stereocenters. The van der Waals surface area contributed by atoms with E-state index in [0.29, 0.717) is 17.1 Å². The van der Waals surface area contributed by atoms with Crippen LogP contribution in [0.1, 0.15) is 26.4 Å². The molecular formula is C23H20N2O4S. The second kappa shape index (κ2) is 8.84. The molecule has 0 fully saturated rings. The normalized spacial score (nSPS) is 12.5. The van der Waals surface area contributed by atoms with E-state index in [2.05, 4.69) is 10.6 Å². The molecule has 0 spiro atoms. The van der Waals surface area contributed by atoms with Crippen molar-refractivity contribution in [2.24, 2.45) is 0 Å². The summed E-state index contributed by atoms with van der Waals surface area (Å²) in [7, 11) is 0. The monoisotopic (exact) mass is 420 g/mol. The van der Waals surface area contributed by atoms with E-state index in [4.69, 9.17) is 9.47 Å². The predicted octanol–water partition coefficient (Wildman–Crippen LogP) is 3.87. The Balaban J connectivity index is 1.50. The molecule has 1 aromatic heterocycles. The summed E-state index contributed by atoms with van der Waals surface area (Å²) in [5.74, 6) is 0.648. The number of rotatable bonds is 6. The molecule has 7 heteroatoms. The Labute approximate surface area is 178 Å². The minimum absolute atomic E-state index is 0.187. The molecule has 0 saturated heterocycles. The van der Waals surface area contributed by atoms with Gasteiger partial charge in [-0.3, -0.25) is 9.59 Å². The molecule has 6 nitrogen and oxygen atoms in total. The molecule has 0 saturated carbocycles. The van der Waals surface area contributed by atoms with Gasteiger partial charge in [0.2, 0.25) is 6.79 Å². The number of benzene rings is 2. The van der Waals surface area contributed by atoms with Gasteiger partial charge in [-0.05, 0) is 53.8 Å². The van der Waals surface area contributed by atoms with Crippen molar-refractivity contribution in [2.45, 2.75) is 13.5 Å². The molecule has 1 aliphatic rings. The van der Waals surface area contributed by atoms with E-state index in [1.165, 1.54) is 11.3 Å². The van der Waals surface area contributed by atoms with Crippen LogP contribution in [0.15, 0.2) is 65.7 Å². The molecule has 2 amide bonds. The first-order valence-electron chi connectivity index (χ1n) is 9.39. The van der Waals surface area contributed by atoms with Crippen LogP contribution in [0.4, 0.5) is 0 Å². The van der Waals surface area contributed by atoms with Crippen molar-refractivity contribution in [3.8, 4) is 11.5 Å². The third-order valence-electron chi connectivity index (χ3n) is 4.60. The summed E-state index contributed by atoms with van der Waals surface area (Å²) >= 11 is 1.48. The molecule has 2 aromatic carbocycles. The van der Waals surface area contributed by atoms with Crippen molar-refractivity contribution in [1.82, 2.24) is 10.6 Å². The van der Waals surface area contributed by atoms with E-state index in [0.717, 1.165) is 16.0 Å². The van der Waals surface area contributed by atoms with Crippen LogP contribution in [0.25, 0.3) is 6.08 Å². The quantitative estimate of drug-likeness (QED) is 0.594. The zero-order valence-corrected chi connectivity index (χ0v) is 17.1. The van der Waals surface area contributed by atoms with Crippen molar-refractivity contribution in [2.75, 3.05) is 6.79 Å². The minimum atomic E-state index is -0.372. The molecule has 152 valence electrons. The fraction of sp³-hybridized carbons (Fsp3) is 0.130. The first-order valence-corrected chi connectivity index (χ1v) is 10.3. The number of hydrogen-bond acceptors (Lipinski definition) is 5. The summed E-state index contributed by atoms with van der Waals surface area (Å²) in [6.45, 7) is 2.35. The molecule has 0 atom stereocenters. The molecule has 30 heavy (non-hydrogen) atoms. The summed E-state index contributed by atoms with van der Waals surface area (Å²) in [5, 5.41) is 7.54. The smallest absolute Gasteiger partial charge is 0.268 e. The zero-order valence-electron chi connectivity index (χ0n) is 16.3. The summed E-state index contributed by atoms with van der Waals surface area (Å²) in [5.41, 5.74) is 2.42. The molecule has 2 N–H and O–H groups in total. The fourth-order valence-corrected chi connectivity index (χ4v) is 3.68. The largest absolute Gasteiger partial charge is 0.454 e. The lowest BCUT2D eigenvalue weighted by atomic mass is 10.1. The van der Waals surface area contributed by atoms with Gasteiger partial charge in [-0.25, -0.2) is 0 Å². The highest BCUT2D eigenvalue weighted by Gasteiger charge is 2.17. The SMILES string of the molecule is Cc1ccccc1C(=O)N/C(=C\c1cccs1)C(=O)NCc1ccc2c(c1)OCO2. The van der Waals surface area contributed by atoms with Crippen molar-refractivity contribution >= 4 is 29.2 Å². The average Bonchev–Trinajstić information content (AvgIpc) is 3.43. The van der Waals surface area contributed by atoms with Crippen LogP contribution in [-0.2, 0) is 11.3 Å². The van der Waals surface area contributed by atoms with E-state index >= 15 is 0 Å². The maximum absolute atomic E-state index is 12.9. The van der Waals surface area contributed by atoms with Crippen molar-refractivity contribution in [3.05, 3.63) is 87.2 Å². The fourth-order valence-electron chi connectivity index (χ4n) is 3.02. The molecule has 3 aromatic rings. The highest BCUT2D eigenvalue weighted by Crippen LogP contribution is 2.32. The number of thiophene rings is 1. The molecule has 0 bridgehead atoms. The van der Waals surface area contributed by atoms with Gasteiger partial charge in [0.1, 0.15) is 5.70 Å². The Kier molecular flexibility index (Phi) is 5.81. The number of hydrogen-bond donors (Lipinski definition) is 2. The van der Waals surface area contributed by atoms with E-state index in [9.17, 15) is 9.59 Å². The predicted molar refractivity (Wildman–Crippen MR) is 115 cm³/mol. The van der Waals surface area contributed by atoms with Gasteiger partial charge in [0.25, 0.3) is 11.8 Å². The second-order valence-corrected chi connectivity index (χ2v) is 7.69. The van der Waals surface area contributed by atoms with Gasteiger partial charge in [0.05, 0.1) is 0 Å². The zero-order chi connectivity index (χ0) is 20.9. The second-order valence-electron chi connectivity index (χ2n) is 6.71. The summed E-state index contributed by atoms with van der Waals surface area (Å²) < 4.78 is 10.7. The van der Waals surface area contributed by atoms with Gasteiger partial charge < -0.3 is 20.1 Å². The number of carbonyl (C=O) groups is 2. The van der Waals surface area contributed by atoms with Crippen LogP contribution in [0.2, 0.25) is 0 Å². The Hall–Kier alpha value is -3.58. The lowest BCUT2D eigenvalue weighted by molar-refractivity contribution is -0.117. The number of nitrogens with one attached hydrogen (secondary N) is 2. The Morgan fingerprint density at radius 1 is 1.07 bits per heavy atom. The molecule has 0 radical (unpaired) electrons. The molecule has 0 aliphatic carbocycles. The van der Waals surface area contributed by atoms with Crippen LogP contribution in [0.5, 0.6) is 11.5 Å². The third kappa shape index (κ3) is 4.52. The minimum Gasteiger partial charge on any atom is -0.454 e. The summed E-state index contributed by atoms with van der Waals surface area (Å²) in [6, 6.07) is 16.5. The van der Waals surface area contributed by atoms with E-state index in [1.54, 1.807) is 18.2 Å². The molecule has 4 rings (SSSR count). The van der Waals surface area contributed by atoms with Gasteiger partial charge in [0, 0.05) is 17.0 Å². The number of amides is 2. The van der Waals surface area contributed by atoms with Crippen molar-refractivity contribution < 1.29 is 19.1 Å². The molecule has 2 heterocycles. The van der Waals surface area contributed by atoms with Gasteiger partial charge >= 0.3 is 0 Å². The van der Waals surface area contributed by atoms with Crippen LogP contribution in [0.3, 0.4) is 0 Å². The summed E-state index contributed by atoms with van der Waals surface area (Å²) in [6.07, 6.45) is 1.68. The van der Waals surface area contributed by atoms with Gasteiger partial charge in [-0.15, -0.1) is 11.3 Å². The van der Waals surface area contributed by atoms with Crippen molar-refractivity contribution in [1.29, 1.82) is 0 Å². The molecule has 1 aliphatic heterocycles. The summed E-state index contributed by atoms with van der Waals surface area (Å²) in [4.78, 5) is 26.5. The van der Waals surface area contributed by atoms with Crippen LogP contribution >= 0.6 is 11.3 Å². The van der Waals surface area contributed by atoms with Gasteiger partial charge in [0.15, 0.2) is 11.5 Å². The first-order chi connectivity index (χ1) is 14.6. The van der Waals surface area contributed by atoms with E-state index in [1.807, 2.05) is 54.8 Å².